The second-order valence-electron chi connectivity index (χ2n) is 8.11. The van der Waals surface area contributed by atoms with Crippen LogP contribution < -0.4 is 15.0 Å². The highest BCUT2D eigenvalue weighted by molar-refractivity contribution is 6.03. The molecule has 1 amide bonds. The first-order chi connectivity index (χ1) is 15.5. The van der Waals surface area contributed by atoms with Crippen LogP contribution in [0.5, 0.6) is 5.75 Å². The maximum Gasteiger partial charge on any atom is 0.396 e. The highest BCUT2D eigenvalue weighted by Crippen LogP contribution is 2.38. The van der Waals surface area contributed by atoms with Crippen LogP contribution in [0.4, 0.5) is 38.0 Å². The molecule has 1 aliphatic carbocycles. The molecular weight excluding hydrogens is 456 g/mol. The van der Waals surface area contributed by atoms with E-state index in [1.165, 1.54) is 6.07 Å². The van der Waals surface area contributed by atoms with Gasteiger partial charge in [0.25, 0.3) is 17.8 Å². The Morgan fingerprint density at radius 1 is 1.24 bits per heavy atom. The van der Waals surface area contributed by atoms with Gasteiger partial charge in [-0.2, -0.15) is 18.2 Å². The minimum atomic E-state index is -4.63. The van der Waals surface area contributed by atoms with Crippen LogP contribution in [0.15, 0.2) is 22.6 Å². The van der Waals surface area contributed by atoms with Gasteiger partial charge in [0.2, 0.25) is 0 Å². The maximum absolute atomic E-state index is 14.4. The Kier molecular flexibility index (Phi) is 6.19. The van der Waals surface area contributed by atoms with Crippen molar-refractivity contribution in [3.63, 3.8) is 0 Å². The third kappa shape index (κ3) is 5.36. The number of hydrogen-bond donors (Lipinski definition) is 1. The number of nitrogens with one attached hydrogen (secondary N) is 1. The fraction of sp³-hybridized carbons (Fsp3) is 0.524. The van der Waals surface area contributed by atoms with Gasteiger partial charge in [-0.3, -0.25) is 4.79 Å². The summed E-state index contributed by atoms with van der Waals surface area (Å²) in [7, 11) is 0. The number of anilines is 2. The standard InChI is InChI=1S/C21H21F6N3O3/c22-13-10-12(5-6-14(13)32-16-4-3-7-20(16,23)24)28-18(31)17-15(11-21(25,26)27)33-19(29-17)30-8-1-2-9-30/h5-6,10,16H,1-4,7-9,11H2,(H,28,31). The van der Waals surface area contributed by atoms with E-state index >= 15 is 0 Å². The van der Waals surface area contributed by atoms with Gasteiger partial charge in [0, 0.05) is 31.3 Å². The Morgan fingerprint density at radius 2 is 1.97 bits per heavy atom. The molecule has 1 saturated heterocycles. The number of carbonyl (C=O) groups is 1. The van der Waals surface area contributed by atoms with Crippen molar-refractivity contribution in [3.8, 4) is 5.75 Å². The summed E-state index contributed by atoms with van der Waals surface area (Å²) >= 11 is 0. The van der Waals surface area contributed by atoms with E-state index in [9.17, 15) is 31.1 Å². The van der Waals surface area contributed by atoms with Crippen molar-refractivity contribution in [1.29, 1.82) is 0 Å². The third-order valence-electron chi connectivity index (χ3n) is 5.55. The van der Waals surface area contributed by atoms with Crippen molar-refractivity contribution in [2.24, 2.45) is 0 Å². The van der Waals surface area contributed by atoms with Crippen LogP contribution in [-0.4, -0.2) is 42.2 Å². The van der Waals surface area contributed by atoms with E-state index in [-0.39, 0.29) is 31.0 Å². The molecule has 2 aromatic rings. The van der Waals surface area contributed by atoms with Crippen LogP contribution in [0.1, 0.15) is 48.4 Å². The van der Waals surface area contributed by atoms with Crippen molar-refractivity contribution in [2.75, 3.05) is 23.3 Å². The molecule has 6 nitrogen and oxygen atoms in total. The number of aromatic nitrogens is 1. The van der Waals surface area contributed by atoms with Crippen molar-refractivity contribution in [3.05, 3.63) is 35.5 Å². The molecule has 33 heavy (non-hydrogen) atoms. The summed E-state index contributed by atoms with van der Waals surface area (Å²) in [4.78, 5) is 18.2. The number of ether oxygens (including phenoxy) is 1. The van der Waals surface area contributed by atoms with Gasteiger partial charge in [0.1, 0.15) is 12.2 Å². The van der Waals surface area contributed by atoms with E-state index in [1.54, 1.807) is 4.90 Å². The second kappa shape index (κ2) is 8.79. The number of nitrogens with zero attached hydrogens (tertiary/aromatic N) is 2. The molecule has 0 spiro atoms. The zero-order valence-electron chi connectivity index (χ0n) is 17.4. The summed E-state index contributed by atoms with van der Waals surface area (Å²) in [6.45, 7) is 1.08. The molecule has 4 rings (SSSR count). The molecule has 2 fully saturated rings. The maximum atomic E-state index is 14.4. The largest absolute Gasteiger partial charge is 0.481 e. The summed E-state index contributed by atoms with van der Waals surface area (Å²) in [5.74, 6) is -6.13. The average molecular weight is 477 g/mol. The van der Waals surface area contributed by atoms with Crippen molar-refractivity contribution in [1.82, 2.24) is 4.98 Å². The molecule has 12 heteroatoms. The molecule has 1 aliphatic heterocycles. The van der Waals surface area contributed by atoms with Gasteiger partial charge < -0.3 is 19.4 Å². The van der Waals surface area contributed by atoms with Gasteiger partial charge in [-0.05, 0) is 37.8 Å². The van der Waals surface area contributed by atoms with Crippen LogP contribution in [0, 0.1) is 5.82 Å². The average Bonchev–Trinajstić information content (AvgIpc) is 3.43. The molecule has 2 aliphatic rings. The van der Waals surface area contributed by atoms with Gasteiger partial charge in [-0.1, -0.05) is 0 Å². The quantitative estimate of drug-likeness (QED) is 0.569. The van der Waals surface area contributed by atoms with Gasteiger partial charge in [-0.25, -0.2) is 13.2 Å². The topological polar surface area (TPSA) is 67.6 Å². The SMILES string of the molecule is O=C(Nc1ccc(OC2CCCC2(F)F)c(F)c1)c1nc(N2CCCC2)oc1CC(F)(F)F. The molecule has 1 aromatic heterocycles. The predicted octanol–water partition coefficient (Wildman–Crippen LogP) is 5.34. The normalized spacial score (nSPS) is 20.3. The molecule has 0 bridgehead atoms. The minimum Gasteiger partial charge on any atom is -0.481 e. The van der Waals surface area contributed by atoms with Crippen LogP contribution >= 0.6 is 0 Å². The van der Waals surface area contributed by atoms with Gasteiger partial charge in [0.15, 0.2) is 23.4 Å². The van der Waals surface area contributed by atoms with Crippen molar-refractivity contribution in [2.45, 2.75) is 56.7 Å². The lowest BCUT2D eigenvalue weighted by Crippen LogP contribution is -2.32. The smallest absolute Gasteiger partial charge is 0.396 e. The third-order valence-corrected chi connectivity index (χ3v) is 5.55. The van der Waals surface area contributed by atoms with Crippen molar-refractivity contribution >= 4 is 17.6 Å². The monoisotopic (exact) mass is 477 g/mol. The van der Waals surface area contributed by atoms with Gasteiger partial charge >= 0.3 is 6.18 Å². The van der Waals surface area contributed by atoms with Crippen LogP contribution in [0.2, 0.25) is 0 Å². The minimum absolute atomic E-state index is 0.0793. The molecule has 1 saturated carbocycles. The Labute approximate surface area is 184 Å². The number of alkyl halides is 5. The molecule has 180 valence electrons. The van der Waals surface area contributed by atoms with Crippen LogP contribution in [0.3, 0.4) is 0 Å². The number of halogens is 6. The fourth-order valence-electron chi connectivity index (χ4n) is 3.92. The molecule has 1 aromatic carbocycles. The predicted molar refractivity (Wildman–Crippen MR) is 105 cm³/mol. The highest BCUT2D eigenvalue weighted by atomic mass is 19.4. The Morgan fingerprint density at radius 3 is 2.58 bits per heavy atom. The second-order valence-corrected chi connectivity index (χ2v) is 8.11. The Hall–Kier alpha value is -2.92. The van der Waals surface area contributed by atoms with Crippen molar-refractivity contribution < 1.29 is 40.3 Å². The van der Waals surface area contributed by atoms with Crippen LogP contribution in [-0.2, 0) is 6.42 Å². The number of carbonyl (C=O) groups excluding carboxylic acids is 1. The van der Waals surface area contributed by atoms with E-state index in [1.807, 2.05) is 0 Å². The lowest BCUT2D eigenvalue weighted by Gasteiger charge is -2.21. The number of benzene rings is 1. The summed E-state index contributed by atoms with van der Waals surface area (Å²) in [5, 5.41) is 2.28. The molecular formula is C21H21F6N3O3. The number of amides is 1. The summed E-state index contributed by atoms with van der Waals surface area (Å²) in [6.07, 6.45) is -5.94. The Bertz CT molecular complexity index is 1020. The molecule has 1 atom stereocenters. The highest BCUT2D eigenvalue weighted by Gasteiger charge is 2.46. The first-order valence-electron chi connectivity index (χ1n) is 10.5. The van der Waals surface area contributed by atoms with Gasteiger partial charge in [-0.15, -0.1) is 0 Å². The lowest BCUT2D eigenvalue weighted by molar-refractivity contribution is -0.130. The first-order valence-corrected chi connectivity index (χ1v) is 10.5. The Balaban J connectivity index is 1.51. The first kappa shape index (κ1) is 23.2. The molecule has 1 N–H and O–H groups in total. The molecule has 0 radical (unpaired) electrons. The molecule has 2 heterocycles. The van der Waals surface area contributed by atoms with E-state index in [4.69, 9.17) is 9.15 Å². The lowest BCUT2D eigenvalue weighted by atomic mass is 10.2. The summed E-state index contributed by atoms with van der Waals surface area (Å²) in [6, 6.07) is 3.04. The number of oxazole rings is 1. The van der Waals surface area contributed by atoms with E-state index in [0.29, 0.717) is 13.1 Å². The van der Waals surface area contributed by atoms with E-state index < -0.39 is 53.6 Å². The number of hydrogen-bond acceptors (Lipinski definition) is 5. The van der Waals surface area contributed by atoms with E-state index in [0.717, 1.165) is 25.0 Å². The van der Waals surface area contributed by atoms with Gasteiger partial charge in [0.05, 0.1) is 0 Å². The van der Waals surface area contributed by atoms with E-state index in [2.05, 4.69) is 10.3 Å². The molecule has 1 unspecified atom stereocenters. The summed E-state index contributed by atoms with van der Waals surface area (Å²) in [5.41, 5.74) is -0.660. The zero-order valence-corrected chi connectivity index (χ0v) is 17.4. The zero-order chi connectivity index (χ0) is 23.8. The van der Waals surface area contributed by atoms with Crippen LogP contribution in [0.25, 0.3) is 0 Å². The summed E-state index contributed by atoms with van der Waals surface area (Å²) < 4.78 is 91.1. The fourth-order valence-corrected chi connectivity index (χ4v) is 3.92. The number of rotatable bonds is 6.